The van der Waals surface area contributed by atoms with Gasteiger partial charge in [0.2, 0.25) is 0 Å². The lowest BCUT2D eigenvalue weighted by Gasteiger charge is -2.05. The molecule has 0 amide bonds. The molecule has 2 heterocycles. The number of aromatic nitrogens is 1. The number of nitrogens with zero attached hydrogens (tertiary/aromatic N) is 2. The molecule has 2 rings (SSSR count). The predicted molar refractivity (Wildman–Crippen MR) is 60.8 cm³/mol. The minimum Gasteiger partial charge on any atom is -0.379 e. The number of hydrogen-bond donors (Lipinski definition) is 1. The van der Waals surface area contributed by atoms with Crippen LogP contribution in [-0.4, -0.2) is 21.9 Å². The normalized spacial score (nSPS) is 20.9. The lowest BCUT2D eigenvalue weighted by atomic mass is 10.1. The number of amidine groups is 1. The number of pyridine rings is 1. The number of aliphatic imine (C=N–C) groups is 1. The molecule has 0 fully saturated rings. The molecule has 1 aliphatic rings. The molecule has 0 bridgehead atoms. The molecule has 0 saturated heterocycles. The van der Waals surface area contributed by atoms with Gasteiger partial charge in [0.1, 0.15) is 5.15 Å². The van der Waals surface area contributed by atoms with Crippen LogP contribution in [-0.2, 0) is 6.42 Å². The molecule has 0 saturated carbocycles. The van der Waals surface area contributed by atoms with Crippen LogP contribution < -0.4 is 5.73 Å². The molecule has 1 aliphatic heterocycles. The Hall–Kier alpha value is -0.740. The maximum absolute atomic E-state index is 5.78. The van der Waals surface area contributed by atoms with Crippen molar-refractivity contribution in [1.29, 1.82) is 0 Å². The third-order valence-electron chi connectivity index (χ3n) is 2.00. The summed E-state index contributed by atoms with van der Waals surface area (Å²) in [5.74, 6) is 0.964. The monoisotopic (exact) mass is 227 g/mol. The summed E-state index contributed by atoms with van der Waals surface area (Å²) in [4.78, 5) is 8.24. The Morgan fingerprint density at radius 3 is 3.14 bits per heavy atom. The van der Waals surface area contributed by atoms with Gasteiger partial charge in [0.25, 0.3) is 0 Å². The van der Waals surface area contributed by atoms with Crippen LogP contribution in [0.3, 0.4) is 0 Å². The second kappa shape index (κ2) is 4.19. The van der Waals surface area contributed by atoms with Crippen LogP contribution in [0.25, 0.3) is 0 Å². The van der Waals surface area contributed by atoms with Crippen molar-refractivity contribution in [2.75, 3.05) is 5.75 Å². The molecule has 0 radical (unpaired) electrons. The van der Waals surface area contributed by atoms with Gasteiger partial charge in [-0.25, -0.2) is 4.98 Å². The molecule has 2 N–H and O–H groups in total. The summed E-state index contributed by atoms with van der Waals surface area (Å²) in [6.07, 6.45) is 2.60. The maximum atomic E-state index is 5.78. The van der Waals surface area contributed by atoms with E-state index in [1.54, 1.807) is 18.0 Å². The highest BCUT2D eigenvalue weighted by Gasteiger charge is 2.16. The molecular formula is C9H10ClN3S. The molecule has 3 nitrogen and oxygen atoms in total. The topological polar surface area (TPSA) is 51.3 Å². The summed E-state index contributed by atoms with van der Waals surface area (Å²) in [7, 11) is 0. The smallest absolute Gasteiger partial charge is 0.154 e. The lowest BCUT2D eigenvalue weighted by molar-refractivity contribution is 0.761. The third kappa shape index (κ3) is 2.39. The van der Waals surface area contributed by atoms with E-state index < -0.39 is 0 Å². The average molecular weight is 228 g/mol. The van der Waals surface area contributed by atoms with E-state index in [4.69, 9.17) is 17.3 Å². The molecule has 1 atom stereocenters. The summed E-state index contributed by atoms with van der Waals surface area (Å²) < 4.78 is 0. The van der Waals surface area contributed by atoms with E-state index in [0.29, 0.717) is 16.4 Å². The van der Waals surface area contributed by atoms with Crippen LogP contribution in [0.1, 0.15) is 5.56 Å². The Morgan fingerprint density at radius 1 is 1.64 bits per heavy atom. The summed E-state index contributed by atoms with van der Waals surface area (Å²) >= 11 is 7.39. The first-order valence-corrected chi connectivity index (χ1v) is 5.67. The number of thioether (sulfide) groups is 1. The minimum atomic E-state index is 0.290. The summed E-state index contributed by atoms with van der Waals surface area (Å²) in [5, 5.41) is 1.22. The van der Waals surface area contributed by atoms with Gasteiger partial charge in [0.15, 0.2) is 5.17 Å². The van der Waals surface area contributed by atoms with Gasteiger partial charge < -0.3 is 5.73 Å². The van der Waals surface area contributed by atoms with Gasteiger partial charge in [-0.3, -0.25) is 4.99 Å². The van der Waals surface area contributed by atoms with Crippen molar-refractivity contribution in [2.45, 2.75) is 12.5 Å². The van der Waals surface area contributed by atoms with Crippen LogP contribution in [0.15, 0.2) is 23.3 Å². The fourth-order valence-electron chi connectivity index (χ4n) is 1.38. The SMILES string of the molecule is NC1=NC(Cc2ccnc(Cl)c2)CS1. The van der Waals surface area contributed by atoms with Crippen LogP contribution in [0.2, 0.25) is 5.15 Å². The Balaban J connectivity index is 2.04. The Bertz CT molecular complexity index is 367. The van der Waals surface area contributed by atoms with E-state index in [0.717, 1.165) is 17.7 Å². The Labute approximate surface area is 91.8 Å². The summed E-state index contributed by atoms with van der Waals surface area (Å²) in [5.41, 5.74) is 6.74. The minimum absolute atomic E-state index is 0.290. The second-order valence-electron chi connectivity index (χ2n) is 3.12. The standard InChI is InChI=1S/C9H10ClN3S/c10-8-4-6(1-2-12-8)3-7-5-14-9(11)13-7/h1-2,4,7H,3,5H2,(H2,11,13). The van der Waals surface area contributed by atoms with Crippen molar-refractivity contribution in [3.63, 3.8) is 0 Å². The molecule has 0 aliphatic carbocycles. The summed E-state index contributed by atoms with van der Waals surface area (Å²) in [6.45, 7) is 0. The van der Waals surface area contributed by atoms with Gasteiger partial charge in [-0.2, -0.15) is 0 Å². The second-order valence-corrected chi connectivity index (χ2v) is 4.55. The zero-order valence-electron chi connectivity index (χ0n) is 7.48. The van der Waals surface area contributed by atoms with Gasteiger partial charge in [0, 0.05) is 11.9 Å². The van der Waals surface area contributed by atoms with Gasteiger partial charge in [-0.1, -0.05) is 23.4 Å². The van der Waals surface area contributed by atoms with Crippen molar-refractivity contribution < 1.29 is 0 Å². The highest BCUT2D eigenvalue weighted by Crippen LogP contribution is 2.19. The highest BCUT2D eigenvalue weighted by atomic mass is 35.5. The molecule has 74 valence electrons. The fourth-order valence-corrected chi connectivity index (χ4v) is 2.36. The van der Waals surface area contributed by atoms with Crippen LogP contribution in [0.5, 0.6) is 0 Å². The van der Waals surface area contributed by atoms with E-state index in [-0.39, 0.29) is 0 Å². The number of hydrogen-bond acceptors (Lipinski definition) is 4. The number of rotatable bonds is 2. The van der Waals surface area contributed by atoms with E-state index in [9.17, 15) is 0 Å². The van der Waals surface area contributed by atoms with Gasteiger partial charge in [0.05, 0.1) is 6.04 Å². The molecule has 0 spiro atoms. The van der Waals surface area contributed by atoms with Crippen molar-refractivity contribution >= 4 is 28.5 Å². The van der Waals surface area contributed by atoms with E-state index >= 15 is 0 Å². The zero-order valence-corrected chi connectivity index (χ0v) is 9.05. The maximum Gasteiger partial charge on any atom is 0.154 e. The van der Waals surface area contributed by atoms with Crippen molar-refractivity contribution in [2.24, 2.45) is 10.7 Å². The molecule has 1 aromatic heterocycles. The quantitative estimate of drug-likeness (QED) is 0.783. The first kappa shape index (κ1) is 9.80. The average Bonchev–Trinajstić information content (AvgIpc) is 2.51. The van der Waals surface area contributed by atoms with Crippen molar-refractivity contribution in [3.8, 4) is 0 Å². The van der Waals surface area contributed by atoms with E-state index in [2.05, 4.69) is 9.98 Å². The predicted octanol–water partition coefficient (Wildman–Crippen LogP) is 1.71. The molecule has 1 unspecified atom stereocenters. The van der Waals surface area contributed by atoms with Crippen LogP contribution >= 0.6 is 23.4 Å². The molecule has 14 heavy (non-hydrogen) atoms. The summed E-state index contributed by atoms with van der Waals surface area (Å²) in [6, 6.07) is 4.12. The van der Waals surface area contributed by atoms with Gasteiger partial charge in [-0.05, 0) is 24.1 Å². The van der Waals surface area contributed by atoms with Crippen LogP contribution in [0.4, 0.5) is 0 Å². The molecule has 5 heteroatoms. The van der Waals surface area contributed by atoms with E-state index in [1.807, 2.05) is 12.1 Å². The first-order chi connectivity index (χ1) is 6.74. The fraction of sp³-hybridized carbons (Fsp3) is 0.333. The Morgan fingerprint density at radius 2 is 2.50 bits per heavy atom. The van der Waals surface area contributed by atoms with Crippen molar-refractivity contribution in [1.82, 2.24) is 4.98 Å². The molecular weight excluding hydrogens is 218 g/mol. The van der Waals surface area contributed by atoms with Gasteiger partial charge >= 0.3 is 0 Å². The highest BCUT2D eigenvalue weighted by molar-refractivity contribution is 8.14. The number of halogens is 1. The number of nitrogens with two attached hydrogens (primary N) is 1. The molecule has 0 aromatic carbocycles. The third-order valence-corrected chi connectivity index (χ3v) is 3.16. The van der Waals surface area contributed by atoms with Gasteiger partial charge in [-0.15, -0.1) is 0 Å². The lowest BCUT2D eigenvalue weighted by Crippen LogP contribution is -2.08. The molecule has 1 aromatic rings. The zero-order chi connectivity index (χ0) is 9.97. The van der Waals surface area contributed by atoms with E-state index in [1.165, 1.54) is 0 Å². The Kier molecular flexibility index (Phi) is 2.93. The van der Waals surface area contributed by atoms with Crippen LogP contribution in [0, 0.1) is 0 Å². The largest absolute Gasteiger partial charge is 0.379 e. The first-order valence-electron chi connectivity index (χ1n) is 4.30. The van der Waals surface area contributed by atoms with Crippen molar-refractivity contribution in [3.05, 3.63) is 29.0 Å².